The minimum Gasteiger partial charge on any atom is -0.485 e. The van der Waals surface area contributed by atoms with E-state index in [-0.39, 0.29) is 57.3 Å². The van der Waals surface area contributed by atoms with Gasteiger partial charge in [0, 0.05) is 25.3 Å². The summed E-state index contributed by atoms with van der Waals surface area (Å²) in [6, 6.07) is 44.1. The van der Waals surface area contributed by atoms with Crippen LogP contribution in [0.4, 0.5) is 15.3 Å². The highest BCUT2D eigenvalue weighted by molar-refractivity contribution is 8.01. The molecule has 20 heteroatoms. The Morgan fingerprint density at radius 1 is 0.654 bits per heavy atom. The third kappa shape index (κ3) is 11.8. The van der Waals surface area contributed by atoms with E-state index < -0.39 is 69.6 Å². The Labute approximate surface area is 453 Å². The van der Waals surface area contributed by atoms with Crippen LogP contribution < -0.4 is 30.7 Å². The van der Waals surface area contributed by atoms with Crippen molar-refractivity contribution in [2.24, 2.45) is 0 Å². The largest absolute Gasteiger partial charge is 0.485 e. The number of amides is 8. The Balaban J connectivity index is 0.950. The van der Waals surface area contributed by atoms with Crippen molar-refractivity contribution in [3.8, 4) is 11.5 Å². The molecule has 0 saturated carbocycles. The SMILES string of the molecule is CC1(C)S[C@@H]2[C@@H](NC=O)C(=O)N2[C@@]1(NC(=O)C(NC(=O)N1CCN(Cc2ccc(OCc3ccccc3)c(OCc3ccccc3)c2)C(=O)C1=O)c1ccc(NC(=O)OCc2ccccc2)cc1)C(=O)OCc1ccccc1. The molecule has 6 aromatic rings. The van der Waals surface area contributed by atoms with Crippen LogP contribution in [0.2, 0.25) is 0 Å². The first-order chi connectivity index (χ1) is 37.7. The number of imide groups is 1. The van der Waals surface area contributed by atoms with E-state index in [1.54, 1.807) is 74.5 Å². The van der Waals surface area contributed by atoms with Gasteiger partial charge in [0.05, 0.1) is 4.75 Å². The molecule has 9 rings (SSSR count). The summed E-state index contributed by atoms with van der Waals surface area (Å²) in [6.07, 6.45) is -0.399. The first-order valence-corrected chi connectivity index (χ1v) is 25.8. The molecule has 78 heavy (non-hydrogen) atoms. The van der Waals surface area contributed by atoms with E-state index in [0.29, 0.717) is 33.9 Å². The van der Waals surface area contributed by atoms with Crippen molar-refractivity contribution in [3.05, 3.63) is 197 Å². The molecule has 0 spiro atoms. The molecule has 0 aromatic heterocycles. The van der Waals surface area contributed by atoms with Crippen LogP contribution in [0, 0.1) is 0 Å². The molecule has 3 saturated heterocycles. The van der Waals surface area contributed by atoms with Gasteiger partial charge in [0.25, 0.3) is 5.91 Å². The summed E-state index contributed by atoms with van der Waals surface area (Å²) in [7, 11) is 0. The number of anilines is 1. The number of piperazine rings is 1. The molecule has 3 aliphatic rings. The fourth-order valence-electron chi connectivity index (χ4n) is 9.26. The first kappa shape index (κ1) is 53.6. The molecule has 3 fully saturated rings. The van der Waals surface area contributed by atoms with Crippen molar-refractivity contribution in [1.29, 1.82) is 0 Å². The molecule has 8 amide bonds. The normalized spacial score (nSPS) is 18.6. The highest BCUT2D eigenvalue weighted by Crippen LogP contribution is 2.56. The monoisotopic (exact) mass is 1070 g/mol. The van der Waals surface area contributed by atoms with Crippen molar-refractivity contribution >= 4 is 65.6 Å². The summed E-state index contributed by atoms with van der Waals surface area (Å²) in [6.45, 7) is 3.14. The molecule has 0 radical (unpaired) electrons. The second kappa shape index (κ2) is 23.8. The quantitative estimate of drug-likeness (QED) is 0.0274. The van der Waals surface area contributed by atoms with Gasteiger partial charge in [0.1, 0.15) is 43.9 Å². The summed E-state index contributed by atoms with van der Waals surface area (Å²) in [5, 5.41) is 9.68. The second-order valence-corrected chi connectivity index (χ2v) is 20.7. The maximum Gasteiger partial charge on any atom is 0.411 e. The average molecular weight is 1070 g/mol. The van der Waals surface area contributed by atoms with E-state index in [1.807, 2.05) is 78.9 Å². The fourth-order valence-corrected chi connectivity index (χ4v) is 11.0. The van der Waals surface area contributed by atoms with Crippen molar-refractivity contribution in [1.82, 2.24) is 30.7 Å². The zero-order valence-electron chi connectivity index (χ0n) is 42.5. The number of esters is 1. The number of benzene rings is 6. The number of rotatable bonds is 20. The third-order valence-corrected chi connectivity index (χ3v) is 15.0. The lowest BCUT2D eigenvalue weighted by Crippen LogP contribution is -2.80. The van der Waals surface area contributed by atoms with Crippen molar-refractivity contribution in [3.63, 3.8) is 0 Å². The Morgan fingerprint density at radius 3 is 1.78 bits per heavy atom. The average Bonchev–Trinajstić information content (AvgIpc) is 2.93. The molecule has 3 aliphatic heterocycles. The summed E-state index contributed by atoms with van der Waals surface area (Å²) in [5.41, 5.74) is 1.98. The van der Waals surface area contributed by atoms with E-state index in [2.05, 4.69) is 21.3 Å². The summed E-state index contributed by atoms with van der Waals surface area (Å²) in [4.78, 5) is 114. The summed E-state index contributed by atoms with van der Waals surface area (Å²) < 4.78 is 22.3. The van der Waals surface area contributed by atoms with Crippen molar-refractivity contribution in [2.75, 3.05) is 18.4 Å². The Kier molecular flexibility index (Phi) is 16.4. The van der Waals surface area contributed by atoms with Gasteiger partial charge in [-0.2, -0.15) is 0 Å². The van der Waals surface area contributed by atoms with E-state index in [1.165, 1.54) is 29.2 Å². The first-order valence-electron chi connectivity index (χ1n) is 24.9. The Morgan fingerprint density at radius 2 is 1.21 bits per heavy atom. The van der Waals surface area contributed by atoms with Gasteiger partial charge in [0.15, 0.2) is 11.5 Å². The number of hydrogen-bond donors (Lipinski definition) is 4. The molecule has 3 heterocycles. The lowest BCUT2D eigenvalue weighted by Gasteiger charge is -2.50. The van der Waals surface area contributed by atoms with Crippen LogP contribution in [0.3, 0.4) is 0 Å². The van der Waals surface area contributed by atoms with E-state index >= 15 is 4.79 Å². The molecule has 19 nitrogen and oxygen atoms in total. The Bertz CT molecular complexity index is 3170. The van der Waals surface area contributed by atoms with Crippen LogP contribution in [-0.4, -0.2) is 97.7 Å². The number of nitrogens with one attached hydrogen (secondary N) is 4. The zero-order chi connectivity index (χ0) is 54.8. The van der Waals surface area contributed by atoms with Gasteiger partial charge in [-0.15, -0.1) is 11.8 Å². The number of β-lactam (4-membered cyclic amide) rings is 1. The number of urea groups is 1. The molecule has 400 valence electrons. The van der Waals surface area contributed by atoms with Crippen molar-refractivity contribution < 1.29 is 57.3 Å². The van der Waals surface area contributed by atoms with Crippen LogP contribution in [0.25, 0.3) is 0 Å². The third-order valence-electron chi connectivity index (χ3n) is 13.4. The molecular weight excluding hydrogens is 1020 g/mol. The summed E-state index contributed by atoms with van der Waals surface area (Å²) >= 11 is 1.15. The topological polar surface area (TPSA) is 231 Å². The fraction of sp³-hybridized carbons (Fsp3) is 0.241. The zero-order valence-corrected chi connectivity index (χ0v) is 43.3. The van der Waals surface area contributed by atoms with Crippen molar-refractivity contribution in [2.45, 2.75) is 74.7 Å². The van der Waals surface area contributed by atoms with Gasteiger partial charge in [-0.1, -0.05) is 140 Å². The highest BCUT2D eigenvalue weighted by atomic mass is 32.2. The number of fused-ring (bicyclic) bond motifs is 1. The van der Waals surface area contributed by atoms with Gasteiger partial charge in [-0.25, -0.2) is 14.4 Å². The number of nitrogens with zero attached hydrogens (tertiary/aromatic N) is 3. The number of carbonyl (C=O) groups excluding carboxylic acids is 8. The predicted molar refractivity (Wildman–Crippen MR) is 285 cm³/mol. The molecule has 1 unspecified atom stereocenters. The molecule has 4 N–H and O–H groups in total. The lowest BCUT2D eigenvalue weighted by molar-refractivity contribution is -0.181. The number of ether oxygens (including phenoxy) is 4. The molecule has 0 aliphatic carbocycles. The maximum atomic E-state index is 15.1. The number of carbonyl (C=O) groups is 8. The van der Waals surface area contributed by atoms with Crippen LogP contribution in [0.15, 0.2) is 164 Å². The molecule has 0 bridgehead atoms. The Hall–Kier alpha value is -9.17. The lowest BCUT2D eigenvalue weighted by atomic mass is 9.87. The summed E-state index contributed by atoms with van der Waals surface area (Å²) in [5.74, 6) is -3.98. The molecule has 4 atom stereocenters. The highest BCUT2D eigenvalue weighted by Gasteiger charge is 2.74. The van der Waals surface area contributed by atoms with Crippen LogP contribution in [0.5, 0.6) is 11.5 Å². The van der Waals surface area contributed by atoms with Crippen LogP contribution in [-0.2, 0) is 71.2 Å². The van der Waals surface area contributed by atoms with Gasteiger partial charge >= 0.3 is 29.9 Å². The van der Waals surface area contributed by atoms with Crippen LogP contribution >= 0.6 is 11.8 Å². The maximum absolute atomic E-state index is 15.1. The van der Waals surface area contributed by atoms with E-state index in [4.69, 9.17) is 18.9 Å². The van der Waals surface area contributed by atoms with E-state index in [9.17, 15) is 33.6 Å². The van der Waals surface area contributed by atoms with Gasteiger partial charge in [0.2, 0.25) is 18.0 Å². The van der Waals surface area contributed by atoms with E-state index in [0.717, 1.165) is 33.4 Å². The molecular formula is C58H55N7O12S. The van der Waals surface area contributed by atoms with Gasteiger partial charge in [-0.05, 0) is 71.5 Å². The smallest absolute Gasteiger partial charge is 0.411 e. The number of hydrogen-bond acceptors (Lipinski definition) is 13. The second-order valence-electron chi connectivity index (χ2n) is 19.0. The van der Waals surface area contributed by atoms with Gasteiger partial charge in [-0.3, -0.25) is 39.1 Å². The number of thioether (sulfide) groups is 1. The van der Waals surface area contributed by atoms with Crippen LogP contribution in [0.1, 0.15) is 53.3 Å². The predicted octanol–water partition coefficient (Wildman–Crippen LogP) is 6.58. The molecule has 6 aromatic carbocycles. The minimum atomic E-state index is -2.23. The minimum absolute atomic E-state index is 0.00576. The van der Waals surface area contributed by atoms with Gasteiger partial charge < -0.3 is 39.8 Å². The standard InChI is InChI=1S/C58H55N7O12S/c1-57(2)58(54(71)76-35-40-19-11-5-12-20-40,65-50(68)48(59-37-66)53(65)78-57)62-49(67)47(43-24-26-44(27-25-43)60-56(73)77-36-41-21-13-6-14-22-41)61-55(72)64-30-29-63(51(69)52(64)70)32-42-23-28-45(74-33-38-15-7-3-8-16-38)46(31-42)75-34-39-17-9-4-10-18-39/h3-28,31,37,47-48,53H,29-30,32-36H2,1-2H3,(H,59,66)(H,60,73)(H,61,72)(H,62,67)/t47?,48-,53+,58-/m0/s1.